The molecule has 1 atom stereocenters. The van der Waals surface area contributed by atoms with E-state index >= 15 is 0 Å². The van der Waals surface area contributed by atoms with Crippen molar-refractivity contribution < 1.29 is 9.53 Å². The smallest absolute Gasteiger partial charge is 0.313 e. The summed E-state index contributed by atoms with van der Waals surface area (Å²) in [5, 5.41) is 0. The van der Waals surface area contributed by atoms with Crippen molar-refractivity contribution in [3.05, 3.63) is 33.4 Å². The van der Waals surface area contributed by atoms with Crippen molar-refractivity contribution >= 4 is 36.6 Å². The van der Waals surface area contributed by atoms with E-state index in [4.69, 9.17) is 4.74 Å². The third kappa shape index (κ3) is 5.65. The summed E-state index contributed by atoms with van der Waals surface area (Å²) >= 11 is 2.28. The van der Waals surface area contributed by atoms with Crippen LogP contribution in [-0.2, 0) is 9.53 Å². The Balaban J connectivity index is 2.65. The molecule has 1 rings (SSSR count). The molecule has 0 fully saturated rings. The van der Waals surface area contributed by atoms with Crippen molar-refractivity contribution in [1.82, 2.24) is 0 Å². The number of benzene rings is 1. The van der Waals surface area contributed by atoms with Crippen molar-refractivity contribution in [3.63, 3.8) is 0 Å². The first-order chi connectivity index (χ1) is 8.85. The highest BCUT2D eigenvalue weighted by Crippen LogP contribution is 2.26. The summed E-state index contributed by atoms with van der Waals surface area (Å²) in [5.41, 5.74) is 1.09. The van der Waals surface area contributed by atoms with Crippen LogP contribution in [0.4, 0.5) is 0 Å². The van der Waals surface area contributed by atoms with Crippen LogP contribution in [0.1, 0.15) is 24.8 Å². The molecule has 2 nitrogen and oxygen atoms in total. The first-order valence-electron chi connectivity index (χ1n) is 6.76. The minimum Gasteiger partial charge on any atom is -0.466 e. The average Bonchev–Trinajstić information content (AvgIpc) is 2.31. The summed E-state index contributed by atoms with van der Waals surface area (Å²) in [5.74, 6) is -0.209. The quantitative estimate of drug-likeness (QED) is 0.401. The highest BCUT2D eigenvalue weighted by atomic mass is 127. The Labute approximate surface area is 131 Å². The van der Waals surface area contributed by atoms with Crippen molar-refractivity contribution in [1.29, 1.82) is 0 Å². The lowest BCUT2D eigenvalue weighted by molar-refractivity contribution is -0.145. The molecular formula is C15H23IO2Si. The van der Waals surface area contributed by atoms with Crippen LogP contribution in [-0.4, -0.2) is 20.7 Å². The fourth-order valence-electron chi connectivity index (χ4n) is 1.83. The number of esters is 1. The van der Waals surface area contributed by atoms with Crippen LogP contribution in [0, 0.1) is 3.57 Å². The minimum absolute atomic E-state index is 0.0788. The average molecular weight is 390 g/mol. The molecular weight excluding hydrogens is 367 g/mol. The monoisotopic (exact) mass is 390 g/mol. The highest BCUT2D eigenvalue weighted by Gasteiger charge is 2.23. The first-order valence-corrected chi connectivity index (χ1v) is 11.5. The van der Waals surface area contributed by atoms with E-state index in [0.717, 1.165) is 21.6 Å². The van der Waals surface area contributed by atoms with Crippen molar-refractivity contribution in [3.8, 4) is 0 Å². The van der Waals surface area contributed by atoms with E-state index in [1.807, 2.05) is 31.2 Å². The lowest BCUT2D eigenvalue weighted by Gasteiger charge is -2.19. The fourth-order valence-corrected chi connectivity index (χ4v) is 3.31. The summed E-state index contributed by atoms with van der Waals surface area (Å²) in [4.78, 5) is 12.2. The van der Waals surface area contributed by atoms with Gasteiger partial charge in [-0.3, -0.25) is 4.79 Å². The molecule has 1 aromatic rings. The number of halogens is 1. The lowest BCUT2D eigenvalue weighted by atomic mass is 9.97. The van der Waals surface area contributed by atoms with Gasteiger partial charge in [-0.15, -0.1) is 0 Å². The molecule has 1 aromatic carbocycles. The maximum atomic E-state index is 12.2. The maximum Gasteiger partial charge on any atom is 0.313 e. The lowest BCUT2D eigenvalue weighted by Crippen LogP contribution is -2.24. The van der Waals surface area contributed by atoms with E-state index in [0.29, 0.717) is 6.61 Å². The summed E-state index contributed by atoms with van der Waals surface area (Å²) < 4.78 is 6.61. The van der Waals surface area contributed by atoms with Crippen molar-refractivity contribution in [2.45, 2.75) is 44.9 Å². The predicted octanol–water partition coefficient (Wildman–Crippen LogP) is 4.67. The van der Waals surface area contributed by atoms with Gasteiger partial charge in [-0.2, -0.15) is 0 Å². The molecule has 1 unspecified atom stereocenters. The third-order valence-electron chi connectivity index (χ3n) is 3.07. The number of hydrogen-bond acceptors (Lipinski definition) is 2. The van der Waals surface area contributed by atoms with E-state index in [2.05, 4.69) is 42.2 Å². The molecule has 106 valence electrons. The molecule has 0 aliphatic rings. The zero-order chi connectivity index (χ0) is 14.5. The van der Waals surface area contributed by atoms with Crippen LogP contribution in [0.25, 0.3) is 0 Å². The predicted molar refractivity (Wildman–Crippen MR) is 91.3 cm³/mol. The van der Waals surface area contributed by atoms with Gasteiger partial charge in [0.25, 0.3) is 0 Å². The number of carbonyl (C=O) groups is 1. The molecule has 0 saturated heterocycles. The van der Waals surface area contributed by atoms with Crippen LogP contribution >= 0.6 is 22.6 Å². The third-order valence-corrected chi connectivity index (χ3v) is 5.76. The fraction of sp³-hybridized carbons (Fsp3) is 0.533. The molecule has 0 bridgehead atoms. The van der Waals surface area contributed by atoms with Gasteiger partial charge >= 0.3 is 5.97 Å². The molecule has 0 aliphatic carbocycles. The number of ether oxygens (including phenoxy) is 1. The summed E-state index contributed by atoms with van der Waals surface area (Å²) in [7, 11) is -1.14. The van der Waals surface area contributed by atoms with Crippen LogP contribution in [0.15, 0.2) is 24.3 Å². The van der Waals surface area contributed by atoms with Crippen LogP contribution < -0.4 is 0 Å². The summed E-state index contributed by atoms with van der Waals surface area (Å²) in [6, 6.07) is 9.06. The Kier molecular flexibility index (Phi) is 6.52. The van der Waals surface area contributed by atoms with Crippen molar-refractivity contribution in [2.75, 3.05) is 6.61 Å². The molecule has 0 amide bonds. The summed E-state index contributed by atoms with van der Waals surface area (Å²) in [6.45, 7) is 9.47. The van der Waals surface area contributed by atoms with Gasteiger partial charge in [0.1, 0.15) is 0 Å². The Bertz CT molecular complexity index is 426. The van der Waals surface area contributed by atoms with Gasteiger partial charge in [0.2, 0.25) is 0 Å². The molecule has 0 aliphatic heterocycles. The zero-order valence-electron chi connectivity index (χ0n) is 12.2. The Morgan fingerprint density at radius 2 is 1.95 bits per heavy atom. The molecule has 4 heteroatoms. The molecule has 0 spiro atoms. The maximum absolute atomic E-state index is 12.2. The van der Waals surface area contributed by atoms with Crippen molar-refractivity contribution in [2.24, 2.45) is 0 Å². The largest absolute Gasteiger partial charge is 0.466 e. The molecule has 0 radical (unpaired) electrons. The second-order valence-electron chi connectivity index (χ2n) is 5.96. The Morgan fingerprint density at radius 3 is 2.47 bits per heavy atom. The van der Waals surface area contributed by atoms with Gasteiger partial charge in [-0.25, -0.2) is 0 Å². The normalized spacial score (nSPS) is 13.1. The van der Waals surface area contributed by atoms with E-state index in [-0.39, 0.29) is 11.9 Å². The Morgan fingerprint density at radius 1 is 1.32 bits per heavy atom. The topological polar surface area (TPSA) is 26.3 Å². The zero-order valence-corrected chi connectivity index (χ0v) is 15.4. The second-order valence-corrected chi connectivity index (χ2v) is 12.7. The Hall–Kier alpha value is -0.363. The van der Waals surface area contributed by atoms with Gasteiger partial charge in [0.05, 0.1) is 12.5 Å². The molecule has 0 saturated carbocycles. The van der Waals surface area contributed by atoms with Gasteiger partial charge in [-0.05, 0) is 46.7 Å². The SMILES string of the molecule is CCC(C(=O)OCC[Si](C)(C)C)c1ccccc1I. The van der Waals surface area contributed by atoms with E-state index in [1.165, 1.54) is 0 Å². The standard InChI is InChI=1S/C15H23IO2Si/c1-5-12(13-8-6-7-9-14(13)16)15(17)18-10-11-19(2,3)4/h6-9,12H,5,10-11H2,1-4H3. The van der Waals surface area contributed by atoms with Crippen LogP contribution in [0.5, 0.6) is 0 Å². The molecule has 0 aromatic heterocycles. The number of hydrogen-bond donors (Lipinski definition) is 0. The van der Waals surface area contributed by atoms with Gasteiger partial charge in [0.15, 0.2) is 0 Å². The molecule has 19 heavy (non-hydrogen) atoms. The number of carbonyl (C=O) groups excluding carboxylic acids is 1. The van der Waals surface area contributed by atoms with Gasteiger partial charge in [0, 0.05) is 11.6 Å². The number of rotatable bonds is 6. The van der Waals surface area contributed by atoms with E-state index < -0.39 is 8.07 Å². The summed E-state index contributed by atoms with van der Waals surface area (Å²) in [6.07, 6.45) is 0.784. The minimum atomic E-state index is -1.14. The first kappa shape index (κ1) is 16.7. The van der Waals surface area contributed by atoms with E-state index in [1.54, 1.807) is 0 Å². The van der Waals surface area contributed by atoms with Gasteiger partial charge < -0.3 is 4.74 Å². The van der Waals surface area contributed by atoms with E-state index in [9.17, 15) is 4.79 Å². The van der Waals surface area contributed by atoms with Gasteiger partial charge in [-0.1, -0.05) is 44.8 Å². The highest BCUT2D eigenvalue weighted by molar-refractivity contribution is 14.1. The molecule has 0 heterocycles. The second kappa shape index (κ2) is 7.43. The van der Waals surface area contributed by atoms with Crippen LogP contribution in [0.2, 0.25) is 25.7 Å². The molecule has 0 N–H and O–H groups in total. The van der Waals surface area contributed by atoms with Crippen LogP contribution in [0.3, 0.4) is 0 Å².